The lowest BCUT2D eigenvalue weighted by Gasteiger charge is -1.93. The minimum absolute atomic E-state index is 0.0562. The first kappa shape index (κ1) is 13.9. The van der Waals surface area contributed by atoms with Crippen molar-refractivity contribution in [2.24, 2.45) is 0 Å². The molecule has 0 fully saturated rings. The van der Waals surface area contributed by atoms with Crippen LogP contribution in [0.4, 0.5) is 0 Å². The zero-order chi connectivity index (χ0) is 12.7. The lowest BCUT2D eigenvalue weighted by atomic mass is 10.2. The third kappa shape index (κ3) is 5.15. The Morgan fingerprint density at radius 2 is 2.12 bits per heavy atom. The van der Waals surface area contributed by atoms with E-state index in [2.05, 4.69) is 0 Å². The number of aliphatic carboxylic acids is 1. The Balaban J connectivity index is 2.55. The van der Waals surface area contributed by atoms with E-state index in [1.807, 2.05) is 18.2 Å². The first-order valence-corrected chi connectivity index (χ1v) is 6.56. The molecule has 0 aromatic carbocycles. The van der Waals surface area contributed by atoms with Crippen molar-refractivity contribution in [3.8, 4) is 0 Å². The molecule has 0 aliphatic rings. The number of Topliss-reactive ketones (excluding diaryl/α,β-unsaturated/α-hetero) is 1. The Hall–Kier alpha value is -1.13. The van der Waals surface area contributed by atoms with Crippen LogP contribution in [-0.2, 0) is 4.79 Å². The van der Waals surface area contributed by atoms with Crippen LogP contribution in [0.2, 0.25) is 0 Å². The lowest BCUT2D eigenvalue weighted by molar-refractivity contribution is -0.136. The van der Waals surface area contributed by atoms with E-state index in [0.29, 0.717) is 10.8 Å². The molecule has 0 saturated heterocycles. The highest BCUT2D eigenvalue weighted by Gasteiger charge is 2.10. The molecule has 0 atom stereocenters. The Morgan fingerprint density at radius 1 is 1.35 bits per heavy atom. The maximum atomic E-state index is 11.6. The fourth-order valence-electron chi connectivity index (χ4n) is 1.20. The molecule has 0 spiro atoms. The van der Waals surface area contributed by atoms with Crippen molar-refractivity contribution in [2.75, 3.05) is 5.88 Å². The van der Waals surface area contributed by atoms with Gasteiger partial charge in [-0.3, -0.25) is 9.59 Å². The van der Waals surface area contributed by atoms with Gasteiger partial charge in [-0.1, -0.05) is 6.08 Å². The summed E-state index contributed by atoms with van der Waals surface area (Å²) in [5, 5.41) is 8.49. The number of rotatable bonds is 7. The fraction of sp³-hybridized carbons (Fsp3) is 0.333. The van der Waals surface area contributed by atoms with E-state index in [9.17, 15) is 9.59 Å². The van der Waals surface area contributed by atoms with Gasteiger partial charge in [0.1, 0.15) is 0 Å². The molecule has 0 aliphatic carbocycles. The van der Waals surface area contributed by atoms with Crippen LogP contribution in [0.25, 0.3) is 6.08 Å². The minimum atomic E-state index is -0.947. The lowest BCUT2D eigenvalue weighted by Crippen LogP contribution is -2.01. The average molecular weight is 273 g/mol. The van der Waals surface area contributed by atoms with Crippen molar-refractivity contribution >= 4 is 40.8 Å². The summed E-state index contributed by atoms with van der Waals surface area (Å²) < 4.78 is 0. The van der Waals surface area contributed by atoms with Gasteiger partial charge in [0.25, 0.3) is 0 Å². The van der Waals surface area contributed by atoms with Crippen LogP contribution in [0.3, 0.4) is 0 Å². The molecule has 5 heteroatoms. The zero-order valence-electron chi connectivity index (χ0n) is 9.19. The first-order chi connectivity index (χ1) is 8.13. The molecule has 3 nitrogen and oxygen atoms in total. The molecular weight excluding hydrogens is 260 g/mol. The molecule has 1 aromatic heterocycles. The van der Waals surface area contributed by atoms with Crippen molar-refractivity contribution < 1.29 is 14.7 Å². The number of hydrogen-bond acceptors (Lipinski definition) is 3. The van der Waals surface area contributed by atoms with Gasteiger partial charge in [-0.25, -0.2) is 0 Å². The van der Waals surface area contributed by atoms with E-state index in [4.69, 9.17) is 16.7 Å². The van der Waals surface area contributed by atoms with Gasteiger partial charge in [0.05, 0.1) is 11.3 Å². The third-order valence-electron chi connectivity index (χ3n) is 2.03. The molecule has 0 bridgehead atoms. The van der Waals surface area contributed by atoms with Crippen LogP contribution in [0, 0.1) is 0 Å². The van der Waals surface area contributed by atoms with Crippen LogP contribution in [0.5, 0.6) is 0 Å². The van der Waals surface area contributed by atoms with E-state index in [1.165, 1.54) is 11.3 Å². The number of carbonyl (C=O) groups is 2. The number of hydrogen-bond donors (Lipinski definition) is 1. The van der Waals surface area contributed by atoms with Crippen molar-refractivity contribution in [1.82, 2.24) is 0 Å². The SMILES string of the molecule is O=C(O)CCC(=O)c1ccc(C=CCCCl)s1. The predicted molar refractivity (Wildman–Crippen MR) is 69.9 cm³/mol. The number of alkyl halides is 1. The molecule has 1 N–H and O–H groups in total. The van der Waals surface area contributed by atoms with E-state index >= 15 is 0 Å². The summed E-state index contributed by atoms with van der Waals surface area (Å²) >= 11 is 6.91. The van der Waals surface area contributed by atoms with Crippen LogP contribution in [-0.4, -0.2) is 22.7 Å². The summed E-state index contributed by atoms with van der Waals surface area (Å²) in [6.45, 7) is 0. The van der Waals surface area contributed by atoms with Crippen LogP contribution >= 0.6 is 22.9 Å². The second kappa shape index (κ2) is 7.25. The van der Waals surface area contributed by atoms with Gasteiger partial charge in [0.2, 0.25) is 0 Å². The van der Waals surface area contributed by atoms with Crippen LogP contribution in [0.1, 0.15) is 33.8 Å². The second-order valence-electron chi connectivity index (χ2n) is 3.40. The van der Waals surface area contributed by atoms with E-state index in [1.54, 1.807) is 6.07 Å². The summed E-state index contributed by atoms with van der Waals surface area (Å²) in [4.78, 5) is 23.5. The summed E-state index contributed by atoms with van der Waals surface area (Å²) in [5.41, 5.74) is 0. The van der Waals surface area contributed by atoms with Crippen LogP contribution in [0.15, 0.2) is 18.2 Å². The zero-order valence-corrected chi connectivity index (χ0v) is 10.8. The highest BCUT2D eigenvalue weighted by molar-refractivity contribution is 7.14. The summed E-state index contributed by atoms with van der Waals surface area (Å²) in [7, 11) is 0. The first-order valence-electron chi connectivity index (χ1n) is 5.21. The fourth-order valence-corrected chi connectivity index (χ4v) is 2.23. The maximum absolute atomic E-state index is 11.6. The number of carbonyl (C=O) groups excluding carboxylic acids is 1. The number of carboxylic acid groups (broad SMARTS) is 1. The van der Waals surface area contributed by atoms with Crippen molar-refractivity contribution in [3.63, 3.8) is 0 Å². The van der Waals surface area contributed by atoms with Gasteiger partial charge in [-0.15, -0.1) is 22.9 Å². The molecule has 1 rings (SSSR count). The Labute approximate surface area is 109 Å². The standard InChI is InChI=1S/C12H13ClO3S/c13-8-2-1-3-9-4-6-11(17-9)10(14)5-7-12(15)16/h1,3-4,6H,2,5,7-8H2,(H,15,16). The predicted octanol–water partition coefficient (Wildman–Crippen LogP) is 3.44. The molecule has 0 aliphatic heterocycles. The van der Waals surface area contributed by atoms with Gasteiger partial charge >= 0.3 is 5.97 Å². The normalized spacial score (nSPS) is 10.9. The topological polar surface area (TPSA) is 54.4 Å². The molecule has 17 heavy (non-hydrogen) atoms. The Bertz CT molecular complexity index is 423. The van der Waals surface area contributed by atoms with Gasteiger partial charge < -0.3 is 5.11 Å². The highest BCUT2D eigenvalue weighted by Crippen LogP contribution is 2.20. The molecule has 92 valence electrons. The van der Waals surface area contributed by atoms with Crippen molar-refractivity contribution in [1.29, 1.82) is 0 Å². The van der Waals surface area contributed by atoms with Gasteiger partial charge in [0.15, 0.2) is 5.78 Å². The molecule has 0 amide bonds. The van der Waals surface area contributed by atoms with Crippen molar-refractivity contribution in [2.45, 2.75) is 19.3 Å². The quantitative estimate of drug-likeness (QED) is 0.611. The number of allylic oxidation sites excluding steroid dienone is 1. The Morgan fingerprint density at radius 3 is 2.76 bits per heavy atom. The number of ketones is 1. The monoisotopic (exact) mass is 272 g/mol. The molecular formula is C12H13ClO3S. The molecule has 0 radical (unpaired) electrons. The van der Waals surface area contributed by atoms with Crippen molar-refractivity contribution in [3.05, 3.63) is 28.0 Å². The van der Waals surface area contributed by atoms with E-state index < -0.39 is 5.97 Å². The second-order valence-corrected chi connectivity index (χ2v) is 4.89. The smallest absolute Gasteiger partial charge is 0.303 e. The molecule has 0 saturated carbocycles. The van der Waals surface area contributed by atoms with E-state index in [0.717, 1.165) is 11.3 Å². The number of carboxylic acids is 1. The van der Waals surface area contributed by atoms with Crippen LogP contribution < -0.4 is 0 Å². The molecule has 1 aromatic rings. The maximum Gasteiger partial charge on any atom is 0.303 e. The summed E-state index contributed by atoms with van der Waals surface area (Å²) in [6.07, 6.45) is 4.60. The largest absolute Gasteiger partial charge is 0.481 e. The summed E-state index contributed by atoms with van der Waals surface area (Å²) in [5.74, 6) is -0.488. The van der Waals surface area contributed by atoms with E-state index in [-0.39, 0.29) is 18.6 Å². The number of halogens is 1. The van der Waals surface area contributed by atoms with Gasteiger partial charge in [-0.2, -0.15) is 0 Å². The Kier molecular flexibility index (Phi) is 5.94. The third-order valence-corrected chi connectivity index (χ3v) is 3.34. The molecule has 0 unspecified atom stereocenters. The molecule has 1 heterocycles. The number of thiophene rings is 1. The van der Waals surface area contributed by atoms with Gasteiger partial charge in [-0.05, 0) is 24.6 Å². The highest BCUT2D eigenvalue weighted by atomic mass is 35.5. The summed E-state index contributed by atoms with van der Waals surface area (Å²) in [6, 6.07) is 3.58. The van der Waals surface area contributed by atoms with Gasteiger partial charge in [0, 0.05) is 17.2 Å². The average Bonchev–Trinajstić information content (AvgIpc) is 2.75. The minimum Gasteiger partial charge on any atom is -0.481 e.